The average Bonchev–Trinajstić information content (AvgIpc) is 2.51. The Morgan fingerprint density at radius 3 is 2.05 bits per heavy atom. The molecule has 5 atom stereocenters. The van der Waals surface area contributed by atoms with E-state index in [1.165, 1.54) is 6.42 Å². The lowest BCUT2D eigenvalue weighted by atomic mass is 9.84. The minimum Gasteiger partial charge on any atom is -0.391 e. The summed E-state index contributed by atoms with van der Waals surface area (Å²) in [6, 6.07) is 0.409. The van der Waals surface area contributed by atoms with Gasteiger partial charge in [-0.25, -0.2) is 0 Å². The Morgan fingerprint density at radius 2 is 1.50 bits per heavy atom. The van der Waals surface area contributed by atoms with Crippen LogP contribution >= 0.6 is 0 Å². The summed E-state index contributed by atoms with van der Waals surface area (Å²) in [5, 5.41) is 12.7. The highest BCUT2D eigenvalue weighted by molar-refractivity contribution is 6.16. The molecule has 22 heavy (non-hydrogen) atoms. The number of ether oxygens (including phenoxy) is 1. The summed E-state index contributed by atoms with van der Waals surface area (Å²) in [6.07, 6.45) is 10.7. The number of nitrogens with one attached hydrogen (secondary N) is 1. The maximum atomic E-state index is 9.96. The topological polar surface area (TPSA) is 66.2 Å². The Morgan fingerprint density at radius 1 is 0.955 bits per heavy atom. The van der Waals surface area contributed by atoms with Gasteiger partial charge in [0.15, 0.2) is 0 Å². The highest BCUT2D eigenvalue weighted by atomic mass is 16.5. The molecule has 0 amide bonds. The van der Waals surface area contributed by atoms with Gasteiger partial charge in [0, 0.05) is 12.4 Å². The van der Waals surface area contributed by atoms with E-state index in [-0.39, 0.29) is 12.1 Å². The Kier molecular flexibility index (Phi) is 6.99. The number of aliphatic hydroxyl groups excluding tert-OH is 1. The first-order valence-electron chi connectivity index (χ1n) is 8.64. The molecule has 0 aromatic heterocycles. The molecule has 5 unspecified atom stereocenters. The van der Waals surface area contributed by atoms with Crippen molar-refractivity contribution in [3.8, 4) is 0 Å². The number of rotatable bonds is 3. The molecule has 2 aliphatic carbocycles. The molecule has 1 saturated heterocycles. The molecule has 2 saturated carbocycles. The van der Waals surface area contributed by atoms with Crippen molar-refractivity contribution < 1.29 is 9.84 Å². The van der Waals surface area contributed by atoms with Crippen molar-refractivity contribution in [2.24, 2.45) is 15.9 Å². The fraction of sp³-hybridized carbons (Fsp3) is 0.882. The van der Waals surface area contributed by atoms with E-state index in [1.54, 1.807) is 6.21 Å². The summed E-state index contributed by atoms with van der Waals surface area (Å²) in [7, 11) is 3.75. The van der Waals surface area contributed by atoms with Crippen LogP contribution in [0.4, 0.5) is 0 Å². The monoisotopic (exact) mass is 309 g/mol. The third-order valence-corrected chi connectivity index (χ3v) is 4.81. The van der Waals surface area contributed by atoms with Crippen LogP contribution < -0.4 is 5.32 Å². The molecule has 0 aromatic rings. The summed E-state index contributed by atoms with van der Waals surface area (Å²) in [4.78, 5) is 9.07. The first-order chi connectivity index (χ1) is 10.7. The summed E-state index contributed by atoms with van der Waals surface area (Å²) in [6.45, 7) is 2.17. The molecular weight excluding hydrogens is 278 g/mol. The first-order valence-corrected chi connectivity index (χ1v) is 8.64. The third-order valence-electron chi connectivity index (χ3n) is 4.81. The maximum absolute atomic E-state index is 9.96. The predicted octanol–water partition coefficient (Wildman–Crippen LogP) is 1.83. The lowest BCUT2D eigenvalue weighted by molar-refractivity contribution is -0.173. The molecule has 3 rings (SSSR count). The van der Waals surface area contributed by atoms with Crippen LogP contribution in [0.25, 0.3) is 0 Å². The van der Waals surface area contributed by atoms with Gasteiger partial charge < -0.3 is 15.2 Å². The molecule has 5 heteroatoms. The van der Waals surface area contributed by atoms with E-state index >= 15 is 0 Å². The van der Waals surface area contributed by atoms with Crippen LogP contribution in [-0.4, -0.2) is 62.0 Å². The molecule has 2 bridgehead atoms. The van der Waals surface area contributed by atoms with E-state index in [0.29, 0.717) is 24.2 Å². The average molecular weight is 309 g/mol. The van der Waals surface area contributed by atoms with Gasteiger partial charge in [-0.15, -0.1) is 0 Å². The van der Waals surface area contributed by atoms with E-state index in [4.69, 9.17) is 4.74 Å². The Labute approximate surface area is 134 Å². The van der Waals surface area contributed by atoms with Gasteiger partial charge in [0.05, 0.1) is 24.4 Å². The lowest BCUT2D eigenvalue weighted by Crippen LogP contribution is -2.55. The zero-order valence-electron chi connectivity index (χ0n) is 14.1. The van der Waals surface area contributed by atoms with Crippen LogP contribution in [0, 0.1) is 5.92 Å². The van der Waals surface area contributed by atoms with Crippen molar-refractivity contribution in [1.29, 1.82) is 0 Å². The fourth-order valence-corrected chi connectivity index (χ4v) is 3.62. The molecule has 0 aromatic carbocycles. The van der Waals surface area contributed by atoms with E-state index in [1.807, 2.05) is 20.3 Å². The molecule has 2 N–H and O–H groups in total. The molecule has 3 fully saturated rings. The third kappa shape index (κ3) is 4.37. The molecule has 3 aliphatic rings. The smallest absolute Gasteiger partial charge is 0.102 e. The molecule has 5 nitrogen and oxygen atoms in total. The fourth-order valence-electron chi connectivity index (χ4n) is 3.62. The van der Waals surface area contributed by atoms with E-state index in [2.05, 4.69) is 22.2 Å². The molecule has 126 valence electrons. The van der Waals surface area contributed by atoms with Gasteiger partial charge in [-0.1, -0.05) is 13.3 Å². The second-order valence-electron chi connectivity index (χ2n) is 6.70. The summed E-state index contributed by atoms with van der Waals surface area (Å²) in [5.41, 5.74) is 0. The first kappa shape index (κ1) is 17.6. The van der Waals surface area contributed by atoms with Crippen LogP contribution in [0.5, 0.6) is 0 Å². The normalized spacial score (nSPS) is 41.1. The van der Waals surface area contributed by atoms with Crippen LogP contribution in [0.15, 0.2) is 9.98 Å². The Hall–Kier alpha value is -0.780. The maximum Gasteiger partial charge on any atom is 0.102 e. The zero-order chi connectivity index (χ0) is 15.9. The van der Waals surface area contributed by atoms with Crippen LogP contribution in [-0.2, 0) is 4.74 Å². The van der Waals surface area contributed by atoms with E-state index < -0.39 is 0 Å². The standard InChI is InChI=1S/C15H24N2O2.C2H7N/c1-10-4-2-5-11(18)14(10)16-8-9-17-15-12-6-3-7-13(15)19-12;1-3-2/h8-15,18H,2-7H2,1H3;3H,1-2H3. The minimum absolute atomic E-state index is 0.0531. The lowest BCUT2D eigenvalue weighted by Gasteiger charge is -2.46. The van der Waals surface area contributed by atoms with Gasteiger partial charge in [-0.2, -0.15) is 0 Å². The van der Waals surface area contributed by atoms with E-state index in [9.17, 15) is 5.11 Å². The quantitative estimate of drug-likeness (QED) is 0.782. The number of hydrogen-bond donors (Lipinski definition) is 2. The summed E-state index contributed by atoms with van der Waals surface area (Å²) in [5.74, 6) is 0.472. The molecule has 0 radical (unpaired) electrons. The number of aliphatic imine (C=N–C) groups is 2. The van der Waals surface area contributed by atoms with Gasteiger partial charge in [-0.3, -0.25) is 9.98 Å². The van der Waals surface area contributed by atoms with Crippen molar-refractivity contribution in [1.82, 2.24) is 5.32 Å². The SMILES string of the molecule is CC1CCCC(O)C1N=CC=NC1C2CCCC1O2.CNC. The van der Waals surface area contributed by atoms with Crippen molar-refractivity contribution in [2.45, 2.75) is 75.8 Å². The second-order valence-corrected chi connectivity index (χ2v) is 6.70. The van der Waals surface area contributed by atoms with Gasteiger partial charge in [0.2, 0.25) is 0 Å². The van der Waals surface area contributed by atoms with Crippen molar-refractivity contribution in [2.75, 3.05) is 14.1 Å². The van der Waals surface area contributed by atoms with Crippen LogP contribution in [0.3, 0.4) is 0 Å². The molecule has 0 spiro atoms. The Balaban J connectivity index is 0.000000545. The van der Waals surface area contributed by atoms with Crippen molar-refractivity contribution in [3.05, 3.63) is 0 Å². The van der Waals surface area contributed by atoms with Gasteiger partial charge >= 0.3 is 0 Å². The largest absolute Gasteiger partial charge is 0.391 e. The highest BCUT2D eigenvalue weighted by Crippen LogP contribution is 2.36. The van der Waals surface area contributed by atoms with Gasteiger partial charge in [0.1, 0.15) is 6.04 Å². The number of aliphatic hydroxyl groups is 1. The van der Waals surface area contributed by atoms with Crippen molar-refractivity contribution >= 4 is 12.4 Å². The Bertz CT molecular complexity index is 362. The summed E-state index contributed by atoms with van der Waals surface area (Å²) >= 11 is 0. The number of hydrogen-bond acceptors (Lipinski definition) is 5. The molecule has 1 heterocycles. The summed E-state index contributed by atoms with van der Waals surface area (Å²) < 4.78 is 5.67. The predicted molar refractivity (Wildman–Crippen MR) is 91.1 cm³/mol. The zero-order valence-corrected chi connectivity index (χ0v) is 14.1. The van der Waals surface area contributed by atoms with Crippen molar-refractivity contribution in [3.63, 3.8) is 0 Å². The van der Waals surface area contributed by atoms with Gasteiger partial charge in [0.25, 0.3) is 0 Å². The van der Waals surface area contributed by atoms with Crippen LogP contribution in [0.1, 0.15) is 45.4 Å². The minimum atomic E-state index is -0.278. The number of nitrogens with zero attached hydrogens (tertiary/aromatic N) is 2. The highest BCUT2D eigenvalue weighted by Gasteiger charge is 2.44. The van der Waals surface area contributed by atoms with E-state index in [0.717, 1.165) is 32.1 Å². The van der Waals surface area contributed by atoms with Crippen LogP contribution in [0.2, 0.25) is 0 Å². The molecule has 1 aliphatic heterocycles. The van der Waals surface area contributed by atoms with Gasteiger partial charge in [-0.05, 0) is 52.1 Å². The molecular formula is C17H31N3O2. The second kappa shape index (κ2) is 8.75. The number of fused-ring (bicyclic) bond motifs is 2.